The van der Waals surface area contributed by atoms with Crippen LogP contribution in [0.5, 0.6) is 5.75 Å². The van der Waals surface area contributed by atoms with Crippen LogP contribution in [-0.2, 0) is 5.41 Å². The smallest absolute Gasteiger partial charge is 0.165 e. The summed E-state index contributed by atoms with van der Waals surface area (Å²) >= 11 is 0. The van der Waals surface area contributed by atoms with Crippen LogP contribution in [-0.4, -0.2) is 16.3 Å². The van der Waals surface area contributed by atoms with E-state index in [0.717, 1.165) is 18.4 Å². The van der Waals surface area contributed by atoms with Crippen molar-refractivity contribution in [2.75, 3.05) is 0 Å². The molecule has 1 fully saturated rings. The van der Waals surface area contributed by atoms with Gasteiger partial charge in [-0.25, -0.2) is 4.39 Å². The molecule has 1 unspecified atom stereocenters. The van der Waals surface area contributed by atoms with Crippen LogP contribution in [0.3, 0.4) is 0 Å². The Kier molecular flexibility index (Phi) is 2.00. The fourth-order valence-electron chi connectivity index (χ4n) is 1.90. The van der Waals surface area contributed by atoms with E-state index in [2.05, 4.69) is 0 Å². The highest BCUT2D eigenvalue weighted by Gasteiger charge is 2.48. The van der Waals surface area contributed by atoms with Crippen molar-refractivity contribution >= 4 is 0 Å². The lowest BCUT2D eigenvalue weighted by Crippen LogP contribution is -2.22. The van der Waals surface area contributed by atoms with Crippen LogP contribution in [0.4, 0.5) is 4.39 Å². The lowest BCUT2D eigenvalue weighted by atomic mass is 9.91. The highest BCUT2D eigenvalue weighted by Crippen LogP contribution is 2.51. The molecule has 1 atom stereocenters. The van der Waals surface area contributed by atoms with Gasteiger partial charge in [-0.05, 0) is 37.5 Å². The average molecular weight is 196 g/mol. The van der Waals surface area contributed by atoms with E-state index in [1.54, 1.807) is 13.0 Å². The van der Waals surface area contributed by atoms with Crippen molar-refractivity contribution in [3.8, 4) is 5.75 Å². The molecule has 0 saturated heterocycles. The summed E-state index contributed by atoms with van der Waals surface area (Å²) in [5, 5.41) is 18.6. The Bertz CT molecular complexity index is 356. The monoisotopic (exact) mass is 196 g/mol. The van der Waals surface area contributed by atoms with Crippen molar-refractivity contribution in [3.63, 3.8) is 0 Å². The zero-order chi connectivity index (χ0) is 10.3. The normalized spacial score (nSPS) is 20.5. The molecule has 76 valence electrons. The predicted molar refractivity (Wildman–Crippen MR) is 50.7 cm³/mol. The predicted octanol–water partition coefficient (Wildman–Crippen LogP) is 1.94. The Morgan fingerprint density at radius 1 is 1.43 bits per heavy atom. The molecule has 1 saturated carbocycles. The first-order chi connectivity index (χ1) is 6.56. The summed E-state index contributed by atoms with van der Waals surface area (Å²) in [6.45, 7) is 1.72. The summed E-state index contributed by atoms with van der Waals surface area (Å²) in [6.07, 6.45) is 1.30. The van der Waals surface area contributed by atoms with Crippen LogP contribution < -0.4 is 0 Å². The minimum atomic E-state index is -0.616. The number of hydrogen-bond acceptors (Lipinski definition) is 2. The van der Waals surface area contributed by atoms with E-state index in [9.17, 15) is 9.50 Å². The molecule has 1 aromatic rings. The molecule has 1 aliphatic carbocycles. The maximum atomic E-state index is 13.1. The van der Waals surface area contributed by atoms with Gasteiger partial charge in [0.2, 0.25) is 0 Å². The van der Waals surface area contributed by atoms with Gasteiger partial charge in [0.05, 0.1) is 6.10 Å². The average Bonchev–Trinajstić information content (AvgIpc) is 2.90. The minimum Gasteiger partial charge on any atom is -0.505 e. The Morgan fingerprint density at radius 2 is 2.07 bits per heavy atom. The lowest BCUT2D eigenvalue weighted by Gasteiger charge is -2.19. The summed E-state index contributed by atoms with van der Waals surface area (Å²) in [4.78, 5) is 0. The van der Waals surface area contributed by atoms with E-state index in [-0.39, 0.29) is 11.2 Å². The first kappa shape index (κ1) is 9.46. The SMILES string of the molecule is CC(O)C1(c2ccc(O)c(F)c2)CC1. The van der Waals surface area contributed by atoms with Crippen LogP contribution in [0.25, 0.3) is 0 Å². The molecule has 0 aliphatic heterocycles. The molecule has 0 spiro atoms. The number of rotatable bonds is 2. The molecule has 0 amide bonds. The fraction of sp³-hybridized carbons (Fsp3) is 0.455. The summed E-state index contributed by atoms with van der Waals surface area (Å²) in [5.41, 5.74) is 0.511. The molecule has 14 heavy (non-hydrogen) atoms. The zero-order valence-electron chi connectivity index (χ0n) is 8.00. The second-order valence-corrected chi connectivity index (χ2v) is 4.00. The van der Waals surface area contributed by atoms with Crippen LogP contribution in [0.15, 0.2) is 18.2 Å². The van der Waals surface area contributed by atoms with E-state index in [1.807, 2.05) is 0 Å². The number of hydrogen-bond donors (Lipinski definition) is 2. The van der Waals surface area contributed by atoms with Gasteiger partial charge in [-0.3, -0.25) is 0 Å². The van der Waals surface area contributed by atoms with Gasteiger partial charge in [0.1, 0.15) is 0 Å². The number of phenolic OH excluding ortho intramolecular Hbond substituents is 1. The third-order valence-electron chi connectivity index (χ3n) is 3.11. The molecular weight excluding hydrogens is 183 g/mol. The van der Waals surface area contributed by atoms with Gasteiger partial charge in [0.15, 0.2) is 11.6 Å². The van der Waals surface area contributed by atoms with E-state index < -0.39 is 11.9 Å². The van der Waals surface area contributed by atoms with Gasteiger partial charge in [-0.1, -0.05) is 6.07 Å². The van der Waals surface area contributed by atoms with E-state index in [4.69, 9.17) is 5.11 Å². The molecule has 1 aromatic carbocycles. The van der Waals surface area contributed by atoms with Crippen LogP contribution in [0, 0.1) is 5.82 Å². The van der Waals surface area contributed by atoms with E-state index >= 15 is 0 Å². The quantitative estimate of drug-likeness (QED) is 0.758. The summed E-state index contributed by atoms with van der Waals surface area (Å²) in [5.74, 6) is -0.954. The second kappa shape index (κ2) is 2.95. The summed E-state index contributed by atoms with van der Waals surface area (Å²) < 4.78 is 13.1. The van der Waals surface area contributed by atoms with Gasteiger partial charge in [0, 0.05) is 5.41 Å². The first-order valence-electron chi connectivity index (χ1n) is 4.73. The van der Waals surface area contributed by atoms with E-state index in [0.29, 0.717) is 0 Å². The number of aliphatic hydroxyl groups excluding tert-OH is 1. The molecule has 2 N–H and O–H groups in total. The molecule has 0 aromatic heterocycles. The zero-order valence-corrected chi connectivity index (χ0v) is 8.00. The minimum absolute atomic E-state index is 0.269. The Hall–Kier alpha value is -1.09. The van der Waals surface area contributed by atoms with Gasteiger partial charge in [0.25, 0.3) is 0 Å². The van der Waals surface area contributed by atoms with Gasteiger partial charge in [-0.15, -0.1) is 0 Å². The number of aromatic hydroxyl groups is 1. The lowest BCUT2D eigenvalue weighted by molar-refractivity contribution is 0.150. The molecule has 3 heteroatoms. The number of benzene rings is 1. The Balaban J connectivity index is 2.38. The molecule has 0 bridgehead atoms. The number of aliphatic hydroxyl groups is 1. The van der Waals surface area contributed by atoms with Crippen LogP contribution in [0.1, 0.15) is 25.3 Å². The second-order valence-electron chi connectivity index (χ2n) is 4.00. The third kappa shape index (κ3) is 1.28. The largest absolute Gasteiger partial charge is 0.505 e. The Labute approximate surface area is 82.0 Å². The fourth-order valence-corrected chi connectivity index (χ4v) is 1.90. The number of phenols is 1. The van der Waals surface area contributed by atoms with Gasteiger partial charge in [-0.2, -0.15) is 0 Å². The third-order valence-corrected chi connectivity index (χ3v) is 3.11. The topological polar surface area (TPSA) is 40.5 Å². The van der Waals surface area contributed by atoms with E-state index in [1.165, 1.54) is 12.1 Å². The molecule has 0 radical (unpaired) electrons. The summed E-state index contributed by atoms with van der Waals surface area (Å²) in [6, 6.07) is 4.33. The van der Waals surface area contributed by atoms with Crippen molar-refractivity contribution in [3.05, 3.63) is 29.6 Å². The van der Waals surface area contributed by atoms with Crippen LogP contribution in [0.2, 0.25) is 0 Å². The van der Waals surface area contributed by atoms with Crippen molar-refractivity contribution in [1.29, 1.82) is 0 Å². The molecule has 0 heterocycles. The summed E-state index contributed by atoms with van der Waals surface area (Å²) in [7, 11) is 0. The maximum absolute atomic E-state index is 13.1. The van der Waals surface area contributed by atoms with Gasteiger partial charge < -0.3 is 10.2 Å². The molecule has 1 aliphatic rings. The van der Waals surface area contributed by atoms with Crippen molar-refractivity contribution in [2.24, 2.45) is 0 Å². The van der Waals surface area contributed by atoms with Crippen molar-refractivity contribution in [1.82, 2.24) is 0 Å². The number of halogens is 1. The Morgan fingerprint density at radius 3 is 2.50 bits per heavy atom. The molecule has 2 rings (SSSR count). The maximum Gasteiger partial charge on any atom is 0.165 e. The van der Waals surface area contributed by atoms with Crippen molar-refractivity contribution < 1.29 is 14.6 Å². The first-order valence-corrected chi connectivity index (χ1v) is 4.73. The standard InChI is InChI=1S/C11H13FO2/c1-7(13)11(4-5-11)8-2-3-10(14)9(12)6-8/h2-3,6-7,13-14H,4-5H2,1H3. The highest BCUT2D eigenvalue weighted by molar-refractivity contribution is 5.37. The van der Waals surface area contributed by atoms with Gasteiger partial charge >= 0.3 is 0 Å². The van der Waals surface area contributed by atoms with Crippen LogP contribution >= 0.6 is 0 Å². The highest BCUT2D eigenvalue weighted by atomic mass is 19.1. The molecular formula is C11H13FO2. The van der Waals surface area contributed by atoms with Crippen molar-refractivity contribution in [2.45, 2.75) is 31.3 Å². The molecule has 2 nitrogen and oxygen atoms in total.